The molecule has 0 heteroatoms. The number of fused-ring (bicyclic) bond motifs is 1. The van der Waals surface area contributed by atoms with Crippen LogP contribution in [-0.4, -0.2) is 0 Å². The first-order valence-corrected chi connectivity index (χ1v) is 6.44. The first kappa shape index (κ1) is 11.0. The molecule has 0 saturated heterocycles. The number of hydrogen-bond donors (Lipinski definition) is 0. The van der Waals surface area contributed by atoms with Gasteiger partial charge in [0.2, 0.25) is 0 Å². The van der Waals surface area contributed by atoms with E-state index in [-0.39, 0.29) is 0 Å². The maximum atomic E-state index is 4.29. The topological polar surface area (TPSA) is 0 Å². The minimum absolute atomic E-state index is 0.816. The van der Waals surface area contributed by atoms with Gasteiger partial charge in [-0.25, -0.2) is 0 Å². The maximum Gasteiger partial charge on any atom is -0.0169 e. The molecule has 0 unspecified atom stereocenters. The van der Waals surface area contributed by atoms with Gasteiger partial charge in [0.1, 0.15) is 0 Å². The lowest BCUT2D eigenvalue weighted by Crippen LogP contribution is -2.35. The first-order valence-electron chi connectivity index (χ1n) is 6.44. The highest BCUT2D eigenvalue weighted by atomic mass is 14.4. The van der Waals surface area contributed by atoms with E-state index in [2.05, 4.69) is 27.0 Å². The third kappa shape index (κ3) is 2.04. The van der Waals surface area contributed by atoms with Gasteiger partial charge in [-0.3, -0.25) is 0 Å². The van der Waals surface area contributed by atoms with Crippen LogP contribution < -0.4 is 0 Å². The average molecular weight is 204 g/mol. The largest absolute Gasteiger partial charge is 0.0999 e. The van der Waals surface area contributed by atoms with Crippen molar-refractivity contribution >= 4 is 0 Å². The minimum Gasteiger partial charge on any atom is -0.0999 e. The van der Waals surface area contributed by atoms with Crippen LogP contribution in [0.15, 0.2) is 24.3 Å². The van der Waals surface area contributed by atoms with Crippen molar-refractivity contribution in [1.29, 1.82) is 0 Å². The summed E-state index contributed by atoms with van der Waals surface area (Å²) < 4.78 is 0. The van der Waals surface area contributed by atoms with Crippen molar-refractivity contribution < 1.29 is 0 Å². The molecule has 2 saturated carbocycles. The molecule has 2 fully saturated rings. The Hall–Kier alpha value is -0.520. The third-order valence-corrected chi connectivity index (χ3v) is 4.58. The lowest BCUT2D eigenvalue weighted by atomic mass is 9.60. The van der Waals surface area contributed by atoms with Crippen LogP contribution in [0.1, 0.15) is 46.0 Å². The van der Waals surface area contributed by atoms with Gasteiger partial charge in [-0.05, 0) is 55.8 Å². The Balaban J connectivity index is 2.17. The van der Waals surface area contributed by atoms with Crippen LogP contribution in [0.2, 0.25) is 0 Å². The number of rotatable bonds is 1. The van der Waals surface area contributed by atoms with Crippen molar-refractivity contribution in [3.8, 4) is 0 Å². The van der Waals surface area contributed by atoms with E-state index >= 15 is 0 Å². The van der Waals surface area contributed by atoms with Crippen molar-refractivity contribution in [2.75, 3.05) is 0 Å². The first-order chi connectivity index (χ1) is 7.09. The van der Waals surface area contributed by atoms with Crippen LogP contribution >= 0.6 is 0 Å². The molecule has 0 nitrogen and oxygen atoms in total. The predicted octanol–water partition coefficient (Wildman–Crippen LogP) is 4.58. The van der Waals surface area contributed by atoms with Crippen LogP contribution in [-0.2, 0) is 0 Å². The molecular formula is C15H24. The second kappa shape index (κ2) is 4.15. The van der Waals surface area contributed by atoms with Gasteiger partial charge in [-0.15, -0.1) is 0 Å². The molecule has 0 aromatic rings. The standard InChI is InChI=1S/C15H24/c1-10(2)13-8-6-12(4)14-7-5-11(3)9-15(13)14/h10,13-15H,3-9H2,1-2H3/t13-,14-,15-/m1/s1. The molecular weight excluding hydrogens is 180 g/mol. The zero-order chi connectivity index (χ0) is 11.0. The molecule has 2 rings (SSSR count). The van der Waals surface area contributed by atoms with Crippen LogP contribution in [0.25, 0.3) is 0 Å². The summed E-state index contributed by atoms with van der Waals surface area (Å²) in [5.74, 6) is 3.43. The van der Waals surface area contributed by atoms with E-state index in [0.717, 1.165) is 23.7 Å². The fourth-order valence-corrected chi connectivity index (χ4v) is 3.69. The summed E-state index contributed by atoms with van der Waals surface area (Å²) in [5, 5.41) is 0. The van der Waals surface area contributed by atoms with Crippen LogP contribution in [0.5, 0.6) is 0 Å². The number of allylic oxidation sites excluding steroid dienone is 2. The van der Waals surface area contributed by atoms with E-state index in [1.54, 1.807) is 0 Å². The minimum atomic E-state index is 0.816. The molecule has 2 aliphatic carbocycles. The summed E-state index contributed by atoms with van der Waals surface area (Å²) in [6.07, 6.45) is 6.48. The molecule has 3 atom stereocenters. The number of hydrogen-bond acceptors (Lipinski definition) is 0. The summed E-state index contributed by atoms with van der Waals surface area (Å²) in [4.78, 5) is 0. The Kier molecular flexibility index (Phi) is 3.04. The molecule has 15 heavy (non-hydrogen) atoms. The molecule has 2 aliphatic rings. The van der Waals surface area contributed by atoms with Crippen LogP contribution in [0.3, 0.4) is 0 Å². The van der Waals surface area contributed by atoms with Gasteiger partial charge in [0, 0.05) is 0 Å². The lowest BCUT2D eigenvalue weighted by molar-refractivity contribution is 0.131. The van der Waals surface area contributed by atoms with Gasteiger partial charge in [-0.2, -0.15) is 0 Å². The van der Waals surface area contributed by atoms with Crippen LogP contribution in [0.4, 0.5) is 0 Å². The molecule has 0 radical (unpaired) electrons. The highest BCUT2D eigenvalue weighted by Crippen LogP contribution is 2.49. The Morgan fingerprint density at radius 2 is 1.87 bits per heavy atom. The highest BCUT2D eigenvalue weighted by molar-refractivity contribution is 5.15. The summed E-state index contributed by atoms with van der Waals surface area (Å²) >= 11 is 0. The molecule has 0 N–H and O–H groups in total. The molecule has 0 aromatic heterocycles. The Labute approximate surface area is 94.5 Å². The van der Waals surface area contributed by atoms with Crippen molar-refractivity contribution in [3.05, 3.63) is 24.3 Å². The fraction of sp³-hybridized carbons (Fsp3) is 0.733. The van der Waals surface area contributed by atoms with Crippen molar-refractivity contribution in [2.45, 2.75) is 46.0 Å². The molecule has 0 bridgehead atoms. The van der Waals surface area contributed by atoms with Gasteiger partial charge in [-0.1, -0.05) is 38.2 Å². The quantitative estimate of drug-likeness (QED) is 0.548. The molecule has 0 aliphatic heterocycles. The zero-order valence-electron chi connectivity index (χ0n) is 10.3. The monoisotopic (exact) mass is 204 g/mol. The van der Waals surface area contributed by atoms with Crippen molar-refractivity contribution in [1.82, 2.24) is 0 Å². The predicted molar refractivity (Wildman–Crippen MR) is 66.7 cm³/mol. The summed E-state index contributed by atoms with van der Waals surface area (Å²) in [6, 6.07) is 0. The second-order valence-electron chi connectivity index (χ2n) is 5.87. The average Bonchev–Trinajstić information content (AvgIpc) is 2.17. The Morgan fingerprint density at radius 1 is 1.13 bits per heavy atom. The van der Waals surface area contributed by atoms with E-state index in [4.69, 9.17) is 0 Å². The van der Waals surface area contributed by atoms with Crippen molar-refractivity contribution in [2.24, 2.45) is 23.7 Å². The van der Waals surface area contributed by atoms with Gasteiger partial charge in [0.15, 0.2) is 0 Å². The SMILES string of the molecule is C=C1CC[C@@H]2C(=C)CC[C@H](C(C)C)[C@H]2C1. The van der Waals surface area contributed by atoms with E-state index in [1.165, 1.54) is 43.3 Å². The molecule has 0 amide bonds. The summed E-state index contributed by atoms with van der Waals surface area (Å²) in [6.45, 7) is 13.2. The fourth-order valence-electron chi connectivity index (χ4n) is 3.69. The molecule has 0 aromatic carbocycles. The molecule has 0 heterocycles. The summed E-state index contributed by atoms with van der Waals surface area (Å²) in [5.41, 5.74) is 3.01. The molecule has 84 valence electrons. The van der Waals surface area contributed by atoms with E-state index in [9.17, 15) is 0 Å². The lowest BCUT2D eigenvalue weighted by Gasteiger charge is -2.45. The normalized spacial score (nSPS) is 36.9. The van der Waals surface area contributed by atoms with Crippen LogP contribution in [0, 0.1) is 23.7 Å². The van der Waals surface area contributed by atoms with Gasteiger partial charge < -0.3 is 0 Å². The van der Waals surface area contributed by atoms with Gasteiger partial charge in [0.25, 0.3) is 0 Å². The van der Waals surface area contributed by atoms with Gasteiger partial charge in [0.05, 0.1) is 0 Å². The Bertz CT molecular complexity index is 272. The Morgan fingerprint density at radius 3 is 2.53 bits per heavy atom. The maximum absolute atomic E-state index is 4.29. The van der Waals surface area contributed by atoms with E-state index in [0.29, 0.717) is 0 Å². The third-order valence-electron chi connectivity index (χ3n) is 4.58. The van der Waals surface area contributed by atoms with Crippen molar-refractivity contribution in [3.63, 3.8) is 0 Å². The summed E-state index contributed by atoms with van der Waals surface area (Å²) in [7, 11) is 0. The smallest absolute Gasteiger partial charge is 0.0169 e. The van der Waals surface area contributed by atoms with E-state index < -0.39 is 0 Å². The second-order valence-corrected chi connectivity index (χ2v) is 5.87. The van der Waals surface area contributed by atoms with Gasteiger partial charge >= 0.3 is 0 Å². The molecule has 0 spiro atoms. The van der Waals surface area contributed by atoms with E-state index in [1.807, 2.05) is 0 Å². The highest BCUT2D eigenvalue weighted by Gasteiger charge is 2.38. The zero-order valence-corrected chi connectivity index (χ0v) is 10.3.